The van der Waals surface area contributed by atoms with Crippen LogP contribution in [0.4, 0.5) is 0 Å². The number of aryl methyl sites for hydroxylation is 1. The van der Waals surface area contributed by atoms with Gasteiger partial charge in [0.05, 0.1) is 22.7 Å². The van der Waals surface area contributed by atoms with Gasteiger partial charge in [0.25, 0.3) is 0 Å². The van der Waals surface area contributed by atoms with Crippen molar-refractivity contribution >= 4 is 28.8 Å². The van der Waals surface area contributed by atoms with E-state index in [1.807, 2.05) is 36.6 Å². The molecule has 0 spiro atoms. The number of hydrogen-bond acceptors (Lipinski definition) is 3. The van der Waals surface area contributed by atoms with E-state index in [-0.39, 0.29) is 11.4 Å². The number of rotatable bonds is 4. The van der Waals surface area contributed by atoms with E-state index in [0.717, 1.165) is 40.6 Å². The third-order valence-corrected chi connectivity index (χ3v) is 5.07. The van der Waals surface area contributed by atoms with Crippen molar-refractivity contribution in [2.24, 2.45) is 0 Å². The van der Waals surface area contributed by atoms with Gasteiger partial charge in [0.1, 0.15) is 0 Å². The molecule has 0 aliphatic heterocycles. The summed E-state index contributed by atoms with van der Waals surface area (Å²) in [6, 6.07) is 7.78. The molecule has 0 bridgehead atoms. The summed E-state index contributed by atoms with van der Waals surface area (Å²) in [5, 5.41) is 6.87. The summed E-state index contributed by atoms with van der Waals surface area (Å²) < 4.78 is 0. The minimum absolute atomic E-state index is 0.0370. The van der Waals surface area contributed by atoms with Crippen molar-refractivity contribution in [1.29, 1.82) is 0 Å². The number of thiazole rings is 1. The molecule has 3 nitrogen and oxygen atoms in total. The fraction of sp³-hybridized carbons (Fsp3) is 0.375. The highest BCUT2D eigenvalue weighted by atomic mass is 35.5. The average molecular weight is 321 g/mol. The van der Waals surface area contributed by atoms with E-state index >= 15 is 0 Å². The van der Waals surface area contributed by atoms with Crippen LogP contribution in [0.2, 0.25) is 5.02 Å². The van der Waals surface area contributed by atoms with Crippen molar-refractivity contribution < 1.29 is 4.79 Å². The molecule has 2 aromatic rings. The number of carbonyl (C=O) groups is 1. The Morgan fingerprint density at radius 3 is 2.62 bits per heavy atom. The molecule has 1 aromatic carbocycles. The van der Waals surface area contributed by atoms with Crippen molar-refractivity contribution in [3.8, 4) is 0 Å². The van der Waals surface area contributed by atoms with E-state index in [1.54, 1.807) is 11.3 Å². The van der Waals surface area contributed by atoms with Gasteiger partial charge in [-0.1, -0.05) is 23.7 Å². The molecule has 1 saturated carbocycles. The summed E-state index contributed by atoms with van der Waals surface area (Å²) in [7, 11) is 0. The summed E-state index contributed by atoms with van der Waals surface area (Å²) in [4.78, 5) is 16.6. The number of aromatic nitrogens is 1. The van der Waals surface area contributed by atoms with E-state index in [1.165, 1.54) is 0 Å². The normalized spacial score (nSPS) is 16.3. The van der Waals surface area contributed by atoms with Gasteiger partial charge in [-0.05, 0) is 43.9 Å². The number of nitrogens with one attached hydrogen (secondary N) is 1. The number of carbonyl (C=O) groups excluding carboxylic acids is 1. The lowest BCUT2D eigenvalue weighted by atomic mass is 9.71. The van der Waals surface area contributed by atoms with E-state index in [2.05, 4.69) is 10.3 Å². The molecule has 1 N–H and O–H groups in total. The first-order valence-electron chi connectivity index (χ1n) is 7.05. The van der Waals surface area contributed by atoms with Crippen molar-refractivity contribution in [3.05, 3.63) is 50.9 Å². The van der Waals surface area contributed by atoms with Crippen LogP contribution in [-0.4, -0.2) is 10.9 Å². The van der Waals surface area contributed by atoms with Gasteiger partial charge in [-0.25, -0.2) is 4.98 Å². The fourth-order valence-electron chi connectivity index (χ4n) is 2.75. The van der Waals surface area contributed by atoms with Gasteiger partial charge in [-0.3, -0.25) is 4.79 Å². The zero-order valence-corrected chi connectivity index (χ0v) is 13.4. The molecular weight excluding hydrogens is 304 g/mol. The maximum Gasteiger partial charge on any atom is 0.226 e. The standard InChI is InChI=1S/C16H17ClN2OS/c1-11-18-14(10-21-11)9-15(20)19-16(7-2-8-16)12-3-5-13(17)6-4-12/h3-6,10H,2,7-9H2,1H3,(H,19,20). The molecule has 3 rings (SSSR count). The minimum Gasteiger partial charge on any atom is -0.346 e. The topological polar surface area (TPSA) is 42.0 Å². The molecule has 1 aromatic heterocycles. The maximum atomic E-state index is 12.3. The lowest BCUT2D eigenvalue weighted by Gasteiger charge is -2.43. The Bertz CT molecular complexity index is 647. The molecule has 5 heteroatoms. The molecule has 1 aliphatic carbocycles. The lowest BCUT2D eigenvalue weighted by Crippen LogP contribution is -2.51. The van der Waals surface area contributed by atoms with Crippen LogP contribution in [0.1, 0.15) is 35.5 Å². The fourth-order valence-corrected chi connectivity index (χ4v) is 3.49. The predicted octanol–water partition coefficient (Wildman–Crippen LogP) is 3.84. The van der Waals surface area contributed by atoms with Gasteiger partial charge in [0, 0.05) is 10.4 Å². The average Bonchev–Trinajstić information content (AvgIpc) is 2.80. The van der Waals surface area contributed by atoms with Crippen LogP contribution in [0.15, 0.2) is 29.6 Å². The highest BCUT2D eigenvalue weighted by molar-refractivity contribution is 7.09. The largest absolute Gasteiger partial charge is 0.346 e. The zero-order valence-electron chi connectivity index (χ0n) is 11.9. The summed E-state index contributed by atoms with van der Waals surface area (Å²) in [5.41, 5.74) is 1.77. The zero-order chi connectivity index (χ0) is 14.9. The van der Waals surface area contributed by atoms with Gasteiger partial charge in [0.2, 0.25) is 5.91 Å². The SMILES string of the molecule is Cc1nc(CC(=O)NC2(c3ccc(Cl)cc3)CCC2)cs1. The quantitative estimate of drug-likeness (QED) is 0.930. The van der Waals surface area contributed by atoms with Crippen molar-refractivity contribution in [2.45, 2.75) is 38.1 Å². The van der Waals surface area contributed by atoms with Gasteiger partial charge >= 0.3 is 0 Å². The number of amides is 1. The Labute approximate surface area is 133 Å². The smallest absolute Gasteiger partial charge is 0.226 e. The number of halogens is 1. The Morgan fingerprint density at radius 1 is 1.38 bits per heavy atom. The first kappa shape index (κ1) is 14.5. The lowest BCUT2D eigenvalue weighted by molar-refractivity contribution is -0.123. The number of benzene rings is 1. The van der Waals surface area contributed by atoms with E-state index in [0.29, 0.717) is 6.42 Å². The van der Waals surface area contributed by atoms with Crippen molar-refractivity contribution in [1.82, 2.24) is 10.3 Å². The number of nitrogens with zero attached hydrogens (tertiary/aromatic N) is 1. The minimum atomic E-state index is -0.216. The predicted molar refractivity (Wildman–Crippen MR) is 85.7 cm³/mol. The molecule has 0 atom stereocenters. The highest BCUT2D eigenvalue weighted by Crippen LogP contribution is 2.41. The second kappa shape index (κ2) is 5.78. The highest BCUT2D eigenvalue weighted by Gasteiger charge is 2.39. The van der Waals surface area contributed by atoms with Crippen molar-refractivity contribution in [3.63, 3.8) is 0 Å². The molecule has 21 heavy (non-hydrogen) atoms. The van der Waals surface area contributed by atoms with E-state index < -0.39 is 0 Å². The summed E-state index contributed by atoms with van der Waals surface area (Å²) >= 11 is 7.52. The number of hydrogen-bond donors (Lipinski definition) is 1. The van der Waals surface area contributed by atoms with Crippen LogP contribution in [0.3, 0.4) is 0 Å². The monoisotopic (exact) mass is 320 g/mol. The molecule has 1 amide bonds. The van der Waals surface area contributed by atoms with Crippen LogP contribution >= 0.6 is 22.9 Å². The molecule has 0 saturated heterocycles. The molecular formula is C16H17ClN2OS. The van der Waals surface area contributed by atoms with Gasteiger partial charge in [0.15, 0.2) is 0 Å². The molecule has 0 unspecified atom stereocenters. The van der Waals surface area contributed by atoms with Crippen LogP contribution in [-0.2, 0) is 16.8 Å². The third kappa shape index (κ3) is 3.11. The summed E-state index contributed by atoms with van der Waals surface area (Å²) in [6.45, 7) is 1.95. The Hall–Kier alpha value is -1.39. The van der Waals surface area contributed by atoms with E-state index in [4.69, 9.17) is 11.6 Å². The van der Waals surface area contributed by atoms with Gasteiger partial charge < -0.3 is 5.32 Å². The summed E-state index contributed by atoms with van der Waals surface area (Å²) in [6.07, 6.45) is 3.45. The van der Waals surface area contributed by atoms with Crippen LogP contribution < -0.4 is 5.32 Å². The Balaban J connectivity index is 1.71. The first-order chi connectivity index (χ1) is 10.1. The van der Waals surface area contributed by atoms with Gasteiger partial charge in [-0.2, -0.15) is 0 Å². The van der Waals surface area contributed by atoms with Crippen LogP contribution in [0, 0.1) is 6.92 Å². The molecule has 0 radical (unpaired) electrons. The molecule has 1 fully saturated rings. The summed E-state index contributed by atoms with van der Waals surface area (Å²) in [5.74, 6) is 0.0370. The Kier molecular flexibility index (Phi) is 4.00. The third-order valence-electron chi connectivity index (χ3n) is 3.99. The van der Waals surface area contributed by atoms with Crippen LogP contribution in [0.25, 0.3) is 0 Å². The van der Waals surface area contributed by atoms with Crippen LogP contribution in [0.5, 0.6) is 0 Å². The maximum absolute atomic E-state index is 12.3. The van der Waals surface area contributed by atoms with Crippen molar-refractivity contribution in [2.75, 3.05) is 0 Å². The Morgan fingerprint density at radius 2 is 2.10 bits per heavy atom. The molecule has 1 heterocycles. The molecule has 1 aliphatic rings. The second-order valence-electron chi connectivity index (χ2n) is 5.53. The van der Waals surface area contributed by atoms with Gasteiger partial charge in [-0.15, -0.1) is 11.3 Å². The van der Waals surface area contributed by atoms with E-state index in [9.17, 15) is 4.79 Å². The molecule has 110 valence electrons. The second-order valence-corrected chi connectivity index (χ2v) is 7.02. The first-order valence-corrected chi connectivity index (χ1v) is 8.31.